The first-order valence-electron chi connectivity index (χ1n) is 13.7. The van der Waals surface area contributed by atoms with E-state index in [0.717, 1.165) is 16.9 Å². The van der Waals surface area contributed by atoms with E-state index in [2.05, 4.69) is 63.8 Å². The predicted molar refractivity (Wildman–Crippen MR) is 155 cm³/mol. The molecular formula is C30H39N5O2S. The Morgan fingerprint density at radius 3 is 2.74 bits per heavy atom. The molecule has 0 bridgehead atoms. The topological polar surface area (TPSA) is 89.6 Å². The molecular weight excluding hydrogens is 494 g/mol. The Morgan fingerprint density at radius 2 is 2.03 bits per heavy atom. The van der Waals surface area contributed by atoms with Crippen molar-refractivity contribution in [3.05, 3.63) is 54.1 Å². The summed E-state index contributed by atoms with van der Waals surface area (Å²) >= 11 is 1.58. The third-order valence-electron chi connectivity index (χ3n) is 7.10. The molecule has 7 nitrogen and oxygen atoms in total. The monoisotopic (exact) mass is 533 g/mol. The van der Waals surface area contributed by atoms with Crippen molar-refractivity contribution in [3.63, 3.8) is 0 Å². The molecule has 2 unspecified atom stereocenters. The molecule has 0 aliphatic heterocycles. The Hall–Kier alpha value is -3.26. The van der Waals surface area contributed by atoms with E-state index < -0.39 is 0 Å². The third-order valence-corrected chi connectivity index (χ3v) is 7.97. The summed E-state index contributed by atoms with van der Waals surface area (Å²) in [6.45, 7) is 10.8. The van der Waals surface area contributed by atoms with Gasteiger partial charge in [-0.25, -0.2) is 4.98 Å². The van der Waals surface area contributed by atoms with E-state index >= 15 is 0 Å². The molecule has 2 atom stereocenters. The standard InChI is InChI=1S/C17H23N3.C13H16N2O2S/c1-4-6-12(3)15(5-2)20-10-8-13-11-19-17-14(16(13)20)7-9-18-17;1-9(2)10(16)5-3-7-12-14-13(15-17-12)11-6-4-8-18-11/h7-12,15H,4-6H2,1-3H3,(H,18,19);4,6,8-9H,3,5,7H2,1-2H3. The van der Waals surface area contributed by atoms with Crippen LogP contribution in [0.5, 0.6) is 0 Å². The van der Waals surface area contributed by atoms with Crippen LogP contribution in [0.25, 0.3) is 32.6 Å². The zero-order valence-electron chi connectivity index (χ0n) is 23.1. The zero-order chi connectivity index (χ0) is 27.1. The second-order valence-corrected chi connectivity index (χ2v) is 11.2. The average molecular weight is 534 g/mol. The van der Waals surface area contributed by atoms with Gasteiger partial charge in [0, 0.05) is 54.2 Å². The van der Waals surface area contributed by atoms with Crippen molar-refractivity contribution in [2.24, 2.45) is 11.8 Å². The third kappa shape index (κ3) is 6.41. The number of carbonyl (C=O) groups excluding carboxylic acids is 1. The number of rotatable bonds is 11. The van der Waals surface area contributed by atoms with Gasteiger partial charge in [0.05, 0.1) is 10.4 Å². The number of Topliss-reactive ketones (excluding diaryl/α,β-unsaturated/α-hetero) is 1. The van der Waals surface area contributed by atoms with Crippen LogP contribution in [0.1, 0.15) is 78.7 Å². The van der Waals surface area contributed by atoms with Gasteiger partial charge < -0.3 is 14.1 Å². The molecule has 5 aromatic heterocycles. The number of aromatic amines is 1. The molecule has 5 rings (SSSR count). The number of fused-ring (bicyclic) bond motifs is 3. The minimum Gasteiger partial charge on any atom is -0.346 e. The summed E-state index contributed by atoms with van der Waals surface area (Å²) in [6.07, 6.45) is 11.9. The van der Waals surface area contributed by atoms with E-state index in [1.165, 1.54) is 35.6 Å². The quantitative estimate of drug-likeness (QED) is 0.185. The van der Waals surface area contributed by atoms with E-state index in [4.69, 9.17) is 4.52 Å². The molecule has 5 aromatic rings. The lowest BCUT2D eigenvalue weighted by molar-refractivity contribution is -0.121. The first-order valence-corrected chi connectivity index (χ1v) is 14.6. The SMILES string of the molecule is CC(C)C(=O)CCCc1nc(-c2cccs2)no1.CCCC(C)C(CC)n1ccc2cnc3[nH]ccc3c21. The smallest absolute Gasteiger partial charge is 0.226 e. The van der Waals surface area contributed by atoms with Gasteiger partial charge in [-0.3, -0.25) is 4.79 Å². The molecule has 0 saturated carbocycles. The highest BCUT2D eigenvalue weighted by atomic mass is 32.1. The highest BCUT2D eigenvalue weighted by Gasteiger charge is 2.19. The Kier molecular flexibility index (Phi) is 9.50. The number of aryl methyl sites for hydroxylation is 1. The molecule has 202 valence electrons. The van der Waals surface area contributed by atoms with Crippen molar-refractivity contribution < 1.29 is 9.32 Å². The number of nitrogens with zero attached hydrogens (tertiary/aromatic N) is 4. The van der Waals surface area contributed by atoms with Crippen LogP contribution in [-0.4, -0.2) is 30.5 Å². The van der Waals surface area contributed by atoms with Gasteiger partial charge in [-0.2, -0.15) is 4.98 Å². The molecule has 0 aliphatic carbocycles. The van der Waals surface area contributed by atoms with Gasteiger partial charge in [0.15, 0.2) is 0 Å². The average Bonchev–Trinajstić information content (AvgIpc) is 3.71. The maximum Gasteiger partial charge on any atom is 0.226 e. The molecule has 0 radical (unpaired) electrons. The number of H-pyrrole nitrogens is 1. The van der Waals surface area contributed by atoms with Gasteiger partial charge in [-0.1, -0.05) is 52.3 Å². The van der Waals surface area contributed by atoms with Crippen LogP contribution in [0.4, 0.5) is 0 Å². The normalized spacial score (nSPS) is 13.1. The van der Waals surface area contributed by atoms with Crippen molar-refractivity contribution in [1.82, 2.24) is 24.7 Å². The van der Waals surface area contributed by atoms with Gasteiger partial charge in [-0.05, 0) is 48.8 Å². The highest BCUT2D eigenvalue weighted by Crippen LogP contribution is 2.33. The number of aromatic nitrogens is 5. The Bertz CT molecular complexity index is 1430. The zero-order valence-corrected chi connectivity index (χ0v) is 23.9. The van der Waals surface area contributed by atoms with Crippen molar-refractivity contribution in [2.75, 3.05) is 0 Å². The molecule has 0 aliphatic rings. The van der Waals surface area contributed by atoms with Gasteiger partial charge in [0.2, 0.25) is 11.7 Å². The number of pyridine rings is 1. The predicted octanol–water partition coefficient (Wildman–Crippen LogP) is 8.25. The summed E-state index contributed by atoms with van der Waals surface area (Å²) in [5, 5.41) is 8.38. The van der Waals surface area contributed by atoms with Crippen LogP contribution in [0.15, 0.2) is 52.8 Å². The van der Waals surface area contributed by atoms with Gasteiger partial charge in [-0.15, -0.1) is 11.3 Å². The summed E-state index contributed by atoms with van der Waals surface area (Å²) in [5.74, 6) is 2.33. The minimum atomic E-state index is 0.106. The second-order valence-electron chi connectivity index (χ2n) is 10.2. The number of carbonyl (C=O) groups is 1. The first-order chi connectivity index (χ1) is 18.4. The van der Waals surface area contributed by atoms with E-state index in [-0.39, 0.29) is 11.7 Å². The molecule has 1 N–H and O–H groups in total. The minimum absolute atomic E-state index is 0.106. The van der Waals surface area contributed by atoms with E-state index in [1.807, 2.05) is 43.8 Å². The summed E-state index contributed by atoms with van der Waals surface area (Å²) in [7, 11) is 0. The largest absolute Gasteiger partial charge is 0.346 e. The van der Waals surface area contributed by atoms with E-state index in [0.29, 0.717) is 36.5 Å². The Morgan fingerprint density at radius 1 is 1.18 bits per heavy atom. The summed E-state index contributed by atoms with van der Waals surface area (Å²) in [4.78, 5) is 24.5. The number of thiophene rings is 1. The molecule has 8 heteroatoms. The van der Waals surface area contributed by atoms with Crippen LogP contribution in [-0.2, 0) is 11.2 Å². The number of hydrogen-bond donors (Lipinski definition) is 1. The van der Waals surface area contributed by atoms with Gasteiger partial charge in [0.1, 0.15) is 11.4 Å². The lowest BCUT2D eigenvalue weighted by Gasteiger charge is -2.25. The fraction of sp³-hybridized carbons (Fsp3) is 0.467. The lowest BCUT2D eigenvalue weighted by Crippen LogP contribution is -2.15. The number of hydrogen-bond acceptors (Lipinski definition) is 6. The molecule has 0 saturated heterocycles. The molecule has 0 aromatic carbocycles. The second kappa shape index (κ2) is 13.0. The van der Waals surface area contributed by atoms with E-state index in [9.17, 15) is 4.79 Å². The van der Waals surface area contributed by atoms with Gasteiger partial charge >= 0.3 is 0 Å². The summed E-state index contributed by atoms with van der Waals surface area (Å²) < 4.78 is 7.63. The molecule has 38 heavy (non-hydrogen) atoms. The maximum atomic E-state index is 11.5. The summed E-state index contributed by atoms with van der Waals surface area (Å²) in [5.41, 5.74) is 2.31. The van der Waals surface area contributed by atoms with Crippen LogP contribution in [0, 0.1) is 11.8 Å². The van der Waals surface area contributed by atoms with E-state index in [1.54, 1.807) is 11.3 Å². The molecule has 0 amide bonds. The van der Waals surface area contributed by atoms with Crippen molar-refractivity contribution in [1.29, 1.82) is 0 Å². The molecule has 0 fully saturated rings. The lowest BCUT2D eigenvalue weighted by atomic mass is 9.94. The fourth-order valence-corrected chi connectivity index (χ4v) is 5.67. The Balaban J connectivity index is 0.000000178. The van der Waals surface area contributed by atoms with Gasteiger partial charge in [0.25, 0.3) is 0 Å². The molecule has 0 spiro atoms. The highest BCUT2D eigenvalue weighted by molar-refractivity contribution is 7.13. The maximum absolute atomic E-state index is 11.5. The Labute approximate surface area is 228 Å². The van der Waals surface area contributed by atoms with Crippen molar-refractivity contribution in [3.8, 4) is 10.7 Å². The van der Waals surface area contributed by atoms with Crippen LogP contribution in [0.2, 0.25) is 0 Å². The first kappa shape index (κ1) is 27.8. The van der Waals surface area contributed by atoms with Crippen molar-refractivity contribution in [2.45, 2.75) is 79.2 Å². The number of ketones is 1. The van der Waals surface area contributed by atoms with Crippen LogP contribution < -0.4 is 0 Å². The van der Waals surface area contributed by atoms with Crippen LogP contribution >= 0.6 is 11.3 Å². The number of nitrogens with one attached hydrogen (secondary N) is 1. The molecule has 5 heterocycles. The fourth-order valence-electron chi connectivity index (χ4n) is 5.02. The van der Waals surface area contributed by atoms with Crippen molar-refractivity contribution >= 4 is 39.1 Å². The van der Waals surface area contributed by atoms with Crippen LogP contribution in [0.3, 0.4) is 0 Å². The summed E-state index contributed by atoms with van der Waals surface area (Å²) in [6, 6.07) is 8.81.